The monoisotopic (exact) mass is 204 g/mol. The Labute approximate surface area is 80.9 Å². The summed E-state index contributed by atoms with van der Waals surface area (Å²) in [6.07, 6.45) is 0. The molecule has 0 fully saturated rings. The van der Waals surface area contributed by atoms with Gasteiger partial charge < -0.3 is 10.0 Å². The summed E-state index contributed by atoms with van der Waals surface area (Å²) in [6.45, 7) is 1.79. The molecule has 0 aliphatic rings. The van der Waals surface area contributed by atoms with E-state index in [-0.39, 0.29) is 10.5 Å². The van der Waals surface area contributed by atoms with Crippen molar-refractivity contribution in [1.29, 1.82) is 0 Å². The summed E-state index contributed by atoms with van der Waals surface area (Å²) in [4.78, 5) is 0. The molecule has 0 saturated heterocycles. The van der Waals surface area contributed by atoms with Gasteiger partial charge in [-0.1, -0.05) is 35.3 Å². The van der Waals surface area contributed by atoms with Crippen molar-refractivity contribution in [3.8, 4) is 0 Å². The summed E-state index contributed by atoms with van der Waals surface area (Å²) < 4.78 is 0. The highest BCUT2D eigenvalue weighted by molar-refractivity contribution is 6.64. The van der Waals surface area contributed by atoms with Gasteiger partial charge in [0.05, 0.1) is 10.0 Å². The number of benzene rings is 1. The third-order valence-corrected chi connectivity index (χ3v) is 2.57. The fourth-order valence-electron chi connectivity index (χ4n) is 0.860. The van der Waals surface area contributed by atoms with Crippen LogP contribution in [0.2, 0.25) is 10.0 Å². The summed E-state index contributed by atoms with van der Waals surface area (Å²) in [6, 6.07) is 3.22. The maximum atomic E-state index is 8.83. The zero-order valence-electron chi connectivity index (χ0n) is 6.38. The van der Waals surface area contributed by atoms with E-state index < -0.39 is 7.12 Å². The molecule has 0 bridgehead atoms. The van der Waals surface area contributed by atoms with E-state index in [4.69, 9.17) is 33.2 Å². The molecule has 64 valence electrons. The molecule has 0 saturated carbocycles. The van der Waals surface area contributed by atoms with Crippen molar-refractivity contribution >= 4 is 35.8 Å². The smallest absolute Gasteiger partial charge is 0.423 e. The molecule has 1 aromatic carbocycles. The van der Waals surface area contributed by atoms with E-state index >= 15 is 0 Å². The highest BCUT2D eigenvalue weighted by Crippen LogP contribution is 2.23. The SMILES string of the molecule is Cc1ccc(B(O)O)c(Cl)c1Cl. The highest BCUT2D eigenvalue weighted by Gasteiger charge is 2.17. The van der Waals surface area contributed by atoms with E-state index in [1.165, 1.54) is 6.07 Å². The second-order valence-corrected chi connectivity index (χ2v) is 3.23. The van der Waals surface area contributed by atoms with Crippen LogP contribution in [-0.4, -0.2) is 17.2 Å². The number of aryl methyl sites for hydroxylation is 1. The van der Waals surface area contributed by atoms with Crippen molar-refractivity contribution in [2.45, 2.75) is 6.92 Å². The first-order valence-corrected chi connectivity index (χ1v) is 4.10. The molecule has 12 heavy (non-hydrogen) atoms. The Hall–Kier alpha value is -0.215. The number of hydrogen-bond donors (Lipinski definition) is 2. The van der Waals surface area contributed by atoms with Gasteiger partial charge in [0.2, 0.25) is 0 Å². The lowest BCUT2D eigenvalue weighted by atomic mass is 9.80. The lowest BCUT2D eigenvalue weighted by molar-refractivity contribution is 0.426. The molecule has 0 unspecified atom stereocenters. The summed E-state index contributed by atoms with van der Waals surface area (Å²) in [5, 5.41) is 18.2. The molecule has 1 aromatic rings. The van der Waals surface area contributed by atoms with Gasteiger partial charge in [0.15, 0.2) is 0 Å². The van der Waals surface area contributed by atoms with Crippen LogP contribution in [0.1, 0.15) is 5.56 Å². The Bertz CT molecular complexity index is 302. The van der Waals surface area contributed by atoms with Crippen molar-refractivity contribution in [1.82, 2.24) is 0 Å². The van der Waals surface area contributed by atoms with Crippen molar-refractivity contribution < 1.29 is 10.0 Å². The topological polar surface area (TPSA) is 40.5 Å². The molecule has 0 aliphatic carbocycles. The van der Waals surface area contributed by atoms with E-state index in [0.717, 1.165) is 5.56 Å². The average Bonchev–Trinajstić information content (AvgIpc) is 2.00. The Morgan fingerprint density at radius 1 is 1.17 bits per heavy atom. The van der Waals surface area contributed by atoms with E-state index in [0.29, 0.717) is 5.02 Å². The number of rotatable bonds is 1. The molecule has 0 aliphatic heterocycles. The minimum Gasteiger partial charge on any atom is -0.423 e. The molecular weight excluding hydrogens is 198 g/mol. The van der Waals surface area contributed by atoms with Gasteiger partial charge in [-0.3, -0.25) is 0 Å². The van der Waals surface area contributed by atoms with Crippen LogP contribution >= 0.6 is 23.2 Å². The number of hydrogen-bond acceptors (Lipinski definition) is 2. The van der Waals surface area contributed by atoms with Crippen molar-refractivity contribution in [2.24, 2.45) is 0 Å². The Morgan fingerprint density at radius 3 is 2.25 bits per heavy atom. The molecule has 0 amide bonds. The van der Waals surface area contributed by atoms with Gasteiger partial charge in [-0.15, -0.1) is 0 Å². The van der Waals surface area contributed by atoms with E-state index in [2.05, 4.69) is 0 Å². The van der Waals surface area contributed by atoms with Gasteiger partial charge in [-0.2, -0.15) is 0 Å². The molecule has 0 heterocycles. The largest absolute Gasteiger partial charge is 0.490 e. The van der Waals surface area contributed by atoms with Crippen LogP contribution < -0.4 is 5.46 Å². The molecular formula is C7H7BCl2O2. The summed E-state index contributed by atoms with van der Waals surface area (Å²) in [5.74, 6) is 0. The summed E-state index contributed by atoms with van der Waals surface area (Å²) in [7, 11) is -1.57. The predicted molar refractivity (Wildman–Crippen MR) is 51.0 cm³/mol. The van der Waals surface area contributed by atoms with Gasteiger partial charge >= 0.3 is 7.12 Å². The van der Waals surface area contributed by atoms with Crippen LogP contribution in [0.25, 0.3) is 0 Å². The summed E-state index contributed by atoms with van der Waals surface area (Å²) >= 11 is 11.5. The summed E-state index contributed by atoms with van der Waals surface area (Å²) in [5.41, 5.74) is 1.04. The van der Waals surface area contributed by atoms with E-state index in [9.17, 15) is 0 Å². The fraction of sp³-hybridized carbons (Fsp3) is 0.143. The van der Waals surface area contributed by atoms with Gasteiger partial charge in [0.25, 0.3) is 0 Å². The molecule has 2 N–H and O–H groups in total. The normalized spacial score (nSPS) is 10.1. The van der Waals surface area contributed by atoms with Crippen molar-refractivity contribution in [3.05, 3.63) is 27.7 Å². The van der Waals surface area contributed by atoms with Gasteiger partial charge in [-0.25, -0.2) is 0 Å². The highest BCUT2D eigenvalue weighted by atomic mass is 35.5. The Morgan fingerprint density at radius 2 is 1.75 bits per heavy atom. The third-order valence-electron chi connectivity index (χ3n) is 1.58. The van der Waals surface area contributed by atoms with E-state index in [1.807, 2.05) is 0 Å². The molecule has 1 rings (SSSR count). The third kappa shape index (κ3) is 1.75. The second kappa shape index (κ2) is 3.67. The second-order valence-electron chi connectivity index (χ2n) is 2.47. The predicted octanol–water partition coefficient (Wildman–Crippen LogP) is 0.982. The van der Waals surface area contributed by atoms with Crippen LogP contribution in [-0.2, 0) is 0 Å². The molecule has 0 spiro atoms. The first kappa shape index (κ1) is 9.87. The molecule has 2 nitrogen and oxygen atoms in total. The standard InChI is InChI=1S/C7H7BCl2O2/c1-4-2-3-5(8(11)12)7(10)6(4)9/h2-3,11-12H,1H3. The molecule has 0 atom stereocenters. The Kier molecular flexibility index (Phi) is 3.01. The molecule has 0 radical (unpaired) electrons. The van der Waals surface area contributed by atoms with Crippen LogP contribution in [0.3, 0.4) is 0 Å². The van der Waals surface area contributed by atoms with Crippen LogP contribution in [0.15, 0.2) is 12.1 Å². The van der Waals surface area contributed by atoms with Crippen LogP contribution in [0, 0.1) is 6.92 Å². The van der Waals surface area contributed by atoms with Crippen molar-refractivity contribution in [2.75, 3.05) is 0 Å². The maximum absolute atomic E-state index is 8.83. The molecule has 0 aromatic heterocycles. The lowest BCUT2D eigenvalue weighted by Crippen LogP contribution is -2.30. The van der Waals surface area contributed by atoms with E-state index in [1.54, 1.807) is 13.0 Å². The fourth-order valence-corrected chi connectivity index (χ4v) is 1.34. The maximum Gasteiger partial charge on any atom is 0.490 e. The quantitative estimate of drug-likeness (QED) is 0.670. The minimum absolute atomic E-state index is 0.201. The zero-order valence-corrected chi connectivity index (χ0v) is 7.89. The number of halogens is 2. The first-order chi connectivity index (χ1) is 5.54. The first-order valence-electron chi connectivity index (χ1n) is 3.34. The van der Waals surface area contributed by atoms with Crippen LogP contribution in [0.5, 0.6) is 0 Å². The minimum atomic E-state index is -1.57. The van der Waals surface area contributed by atoms with Gasteiger partial charge in [0.1, 0.15) is 0 Å². The Balaban J connectivity index is 3.27. The average molecular weight is 205 g/mol. The van der Waals surface area contributed by atoms with Crippen LogP contribution in [0.4, 0.5) is 0 Å². The van der Waals surface area contributed by atoms with Crippen molar-refractivity contribution in [3.63, 3.8) is 0 Å². The van der Waals surface area contributed by atoms with Gasteiger partial charge in [-0.05, 0) is 12.5 Å². The zero-order chi connectivity index (χ0) is 9.30. The molecule has 5 heteroatoms. The lowest BCUT2D eigenvalue weighted by Gasteiger charge is -2.06. The van der Waals surface area contributed by atoms with Gasteiger partial charge in [0, 0.05) is 5.46 Å².